The summed E-state index contributed by atoms with van der Waals surface area (Å²) in [5.41, 5.74) is 1.97. The Hall–Kier alpha value is -3.89. The van der Waals surface area contributed by atoms with Gasteiger partial charge in [-0.05, 0) is 62.3 Å². The number of nitrogens with zero attached hydrogens (tertiary/aromatic N) is 5. The lowest BCUT2D eigenvalue weighted by Gasteiger charge is -2.28. The number of ether oxygens (including phenoxy) is 1. The van der Waals surface area contributed by atoms with E-state index < -0.39 is 5.82 Å². The van der Waals surface area contributed by atoms with E-state index in [1.807, 2.05) is 6.20 Å². The van der Waals surface area contributed by atoms with Crippen LogP contribution in [0.2, 0.25) is 0 Å². The Kier molecular flexibility index (Phi) is 7.87. The molecule has 2 heterocycles. The third kappa shape index (κ3) is 6.41. The normalized spacial score (nSPS) is 17.4. The van der Waals surface area contributed by atoms with Crippen LogP contribution < -0.4 is 15.4 Å². The van der Waals surface area contributed by atoms with Crippen molar-refractivity contribution in [2.75, 3.05) is 7.11 Å². The van der Waals surface area contributed by atoms with Gasteiger partial charge in [-0.2, -0.15) is 0 Å². The lowest BCUT2D eigenvalue weighted by Crippen LogP contribution is -2.36. The van der Waals surface area contributed by atoms with Crippen molar-refractivity contribution in [2.24, 2.45) is 5.92 Å². The Morgan fingerprint density at radius 2 is 1.92 bits per heavy atom. The maximum atomic E-state index is 13.6. The zero-order valence-corrected chi connectivity index (χ0v) is 20.6. The highest BCUT2D eigenvalue weighted by Crippen LogP contribution is 2.26. The van der Waals surface area contributed by atoms with Gasteiger partial charge >= 0.3 is 0 Å². The van der Waals surface area contributed by atoms with Gasteiger partial charge in [-0.25, -0.2) is 14.4 Å². The lowest BCUT2D eigenvalue weighted by molar-refractivity contribution is -0.119. The van der Waals surface area contributed by atoms with Crippen LogP contribution in [-0.4, -0.2) is 49.9 Å². The van der Waals surface area contributed by atoms with E-state index in [9.17, 15) is 14.0 Å². The third-order valence-electron chi connectivity index (χ3n) is 6.24. The number of carbonyl (C=O) groups is 2. The molecule has 11 heteroatoms. The number of halogens is 1. The molecule has 10 nitrogen and oxygen atoms in total. The van der Waals surface area contributed by atoms with Gasteiger partial charge in [-0.3, -0.25) is 14.3 Å². The first kappa shape index (κ1) is 25.2. The molecule has 4 rings (SSSR count). The molecule has 2 N–H and O–H groups in total. The molecule has 1 aliphatic rings. The van der Waals surface area contributed by atoms with Crippen molar-refractivity contribution in [3.05, 3.63) is 53.4 Å². The van der Waals surface area contributed by atoms with Gasteiger partial charge in [0, 0.05) is 26.1 Å². The molecule has 3 aromatic rings. The fourth-order valence-corrected chi connectivity index (χ4v) is 4.45. The minimum absolute atomic E-state index is 0.0169. The molecule has 0 atom stereocenters. The highest BCUT2D eigenvalue weighted by Gasteiger charge is 2.22. The first-order valence-electron chi connectivity index (χ1n) is 11.9. The number of methoxy groups -OCH3 is 1. The summed E-state index contributed by atoms with van der Waals surface area (Å²) in [5, 5.41) is 14.3. The molecular weight excluding hydrogens is 465 g/mol. The first-order valence-corrected chi connectivity index (χ1v) is 11.9. The Morgan fingerprint density at radius 1 is 1.14 bits per heavy atom. The summed E-state index contributed by atoms with van der Waals surface area (Å²) in [6, 6.07) is 6.26. The highest BCUT2D eigenvalue weighted by atomic mass is 19.1. The topological polar surface area (TPSA) is 124 Å². The van der Waals surface area contributed by atoms with Crippen LogP contribution in [0, 0.1) is 18.7 Å². The zero-order chi connectivity index (χ0) is 25.7. The molecule has 2 amide bonds. The Bertz CT molecular complexity index is 1240. The van der Waals surface area contributed by atoms with Crippen molar-refractivity contribution in [3.8, 4) is 17.1 Å². The SMILES string of the molecule is COc1cc(CNC(=O)c2cc(-c3cn(C[C@H]4CC[C@H](NC(C)=O)CC4)nn3)nc(C)n2)ccc1F. The van der Waals surface area contributed by atoms with Crippen LogP contribution in [0.3, 0.4) is 0 Å². The zero-order valence-electron chi connectivity index (χ0n) is 20.6. The maximum Gasteiger partial charge on any atom is 0.270 e. The highest BCUT2D eigenvalue weighted by molar-refractivity contribution is 5.93. The number of amides is 2. The molecule has 0 radical (unpaired) electrons. The minimum Gasteiger partial charge on any atom is -0.494 e. The fraction of sp³-hybridized carbons (Fsp3) is 0.440. The number of aromatic nitrogens is 5. The van der Waals surface area contributed by atoms with Gasteiger partial charge < -0.3 is 15.4 Å². The third-order valence-corrected chi connectivity index (χ3v) is 6.24. The molecule has 36 heavy (non-hydrogen) atoms. The number of hydrogen-bond acceptors (Lipinski definition) is 7. The number of carbonyl (C=O) groups excluding carboxylic acids is 2. The van der Waals surface area contributed by atoms with Crippen molar-refractivity contribution < 1.29 is 18.7 Å². The number of hydrogen-bond donors (Lipinski definition) is 2. The van der Waals surface area contributed by atoms with Gasteiger partial charge in [0.2, 0.25) is 5.91 Å². The van der Waals surface area contributed by atoms with Crippen LogP contribution in [0.15, 0.2) is 30.5 Å². The van der Waals surface area contributed by atoms with Crippen LogP contribution >= 0.6 is 0 Å². The minimum atomic E-state index is -0.464. The standard InChI is InChI=1S/C25H30FN7O3/c1-15-28-21(11-22(29-15)25(35)27-12-18-6-9-20(26)24(10-18)36-3)23-14-33(32-31-23)13-17-4-7-19(8-5-17)30-16(2)34/h6,9-11,14,17,19H,4-5,7-8,12-13H2,1-3H3,(H,27,35)(H,30,34)/t17-,19-. The van der Waals surface area contributed by atoms with E-state index in [0.717, 1.165) is 32.2 Å². The van der Waals surface area contributed by atoms with Crippen LogP contribution in [0.5, 0.6) is 5.75 Å². The molecule has 1 aliphatic carbocycles. The summed E-state index contributed by atoms with van der Waals surface area (Å²) in [4.78, 5) is 32.7. The van der Waals surface area contributed by atoms with Crippen molar-refractivity contribution in [2.45, 2.75) is 58.7 Å². The second-order valence-electron chi connectivity index (χ2n) is 9.08. The van der Waals surface area contributed by atoms with Gasteiger partial charge in [0.25, 0.3) is 5.91 Å². The van der Waals surface area contributed by atoms with E-state index in [-0.39, 0.29) is 35.8 Å². The van der Waals surface area contributed by atoms with Gasteiger partial charge in [0.15, 0.2) is 11.6 Å². The Balaban J connectivity index is 1.38. The van der Waals surface area contributed by atoms with Gasteiger partial charge in [0.05, 0.1) is 19.0 Å². The molecule has 1 fully saturated rings. The lowest BCUT2D eigenvalue weighted by atomic mass is 9.86. The van der Waals surface area contributed by atoms with Crippen molar-refractivity contribution in [1.29, 1.82) is 0 Å². The molecule has 0 saturated heterocycles. The van der Waals surface area contributed by atoms with Crippen LogP contribution in [-0.2, 0) is 17.9 Å². The molecule has 1 saturated carbocycles. The van der Waals surface area contributed by atoms with Crippen LogP contribution in [0.1, 0.15) is 54.5 Å². The number of nitrogens with one attached hydrogen (secondary N) is 2. The smallest absolute Gasteiger partial charge is 0.270 e. The van der Waals surface area contributed by atoms with E-state index in [4.69, 9.17) is 4.74 Å². The molecule has 2 aromatic heterocycles. The maximum absolute atomic E-state index is 13.6. The number of aryl methyl sites for hydroxylation is 1. The Morgan fingerprint density at radius 3 is 2.64 bits per heavy atom. The quantitative estimate of drug-likeness (QED) is 0.492. The van der Waals surface area contributed by atoms with E-state index in [1.165, 1.54) is 19.2 Å². The van der Waals surface area contributed by atoms with Crippen LogP contribution in [0.4, 0.5) is 4.39 Å². The number of rotatable bonds is 8. The van der Waals surface area contributed by atoms with Gasteiger partial charge in [-0.15, -0.1) is 5.10 Å². The van der Waals surface area contributed by atoms with E-state index in [0.29, 0.717) is 28.7 Å². The molecule has 0 unspecified atom stereocenters. The largest absolute Gasteiger partial charge is 0.494 e. The summed E-state index contributed by atoms with van der Waals surface area (Å²) >= 11 is 0. The van der Waals surface area contributed by atoms with Gasteiger partial charge in [-0.1, -0.05) is 11.3 Å². The molecule has 1 aromatic carbocycles. The molecule has 0 spiro atoms. The summed E-state index contributed by atoms with van der Waals surface area (Å²) in [7, 11) is 1.39. The first-order chi connectivity index (χ1) is 17.3. The molecule has 190 valence electrons. The van der Waals surface area contributed by atoms with Crippen molar-refractivity contribution in [1.82, 2.24) is 35.6 Å². The van der Waals surface area contributed by atoms with Crippen molar-refractivity contribution in [3.63, 3.8) is 0 Å². The number of benzene rings is 1. The monoisotopic (exact) mass is 495 g/mol. The molecule has 0 aliphatic heterocycles. The van der Waals surface area contributed by atoms with Gasteiger partial charge in [0.1, 0.15) is 17.2 Å². The fourth-order valence-electron chi connectivity index (χ4n) is 4.45. The molecular formula is C25H30FN7O3. The second-order valence-corrected chi connectivity index (χ2v) is 9.08. The summed E-state index contributed by atoms with van der Waals surface area (Å²) in [6.45, 7) is 4.19. The van der Waals surface area contributed by atoms with Crippen molar-refractivity contribution >= 4 is 11.8 Å². The van der Waals surface area contributed by atoms with E-state index in [2.05, 4.69) is 30.9 Å². The van der Waals surface area contributed by atoms with E-state index >= 15 is 0 Å². The average Bonchev–Trinajstić information content (AvgIpc) is 3.32. The summed E-state index contributed by atoms with van der Waals surface area (Å²) < 4.78 is 20.4. The van der Waals surface area contributed by atoms with E-state index in [1.54, 1.807) is 30.7 Å². The summed E-state index contributed by atoms with van der Waals surface area (Å²) in [5.74, 6) is 0.187. The Labute approximate surface area is 208 Å². The van der Waals surface area contributed by atoms with Crippen LogP contribution in [0.25, 0.3) is 11.4 Å². The molecule has 0 bridgehead atoms. The second kappa shape index (κ2) is 11.2. The predicted octanol–water partition coefficient (Wildman–Crippen LogP) is 2.82. The predicted molar refractivity (Wildman–Crippen MR) is 129 cm³/mol. The summed E-state index contributed by atoms with van der Waals surface area (Å²) in [6.07, 6.45) is 5.77. The average molecular weight is 496 g/mol.